The lowest BCUT2D eigenvalue weighted by Crippen LogP contribution is -2.49. The zero-order valence-corrected chi connectivity index (χ0v) is 10.3. The van der Waals surface area contributed by atoms with Crippen molar-refractivity contribution in [3.63, 3.8) is 0 Å². The van der Waals surface area contributed by atoms with E-state index in [9.17, 15) is 9.18 Å². The molecule has 1 N–H and O–H groups in total. The van der Waals surface area contributed by atoms with Crippen LogP contribution in [0.2, 0.25) is 0 Å². The molecule has 0 amide bonds. The average Bonchev–Trinajstić information content (AvgIpc) is 2.31. The number of benzene rings is 1. The van der Waals surface area contributed by atoms with E-state index in [2.05, 4.69) is 5.32 Å². The van der Waals surface area contributed by atoms with Crippen molar-refractivity contribution in [1.82, 2.24) is 5.32 Å². The lowest BCUT2D eigenvalue weighted by atomic mass is 9.75. The van der Waals surface area contributed by atoms with Gasteiger partial charge >= 0.3 is 0 Å². The van der Waals surface area contributed by atoms with Crippen molar-refractivity contribution in [3.8, 4) is 0 Å². The molecule has 17 heavy (non-hydrogen) atoms. The van der Waals surface area contributed by atoms with Gasteiger partial charge in [-0.05, 0) is 38.4 Å². The average molecular weight is 235 g/mol. The molecule has 0 aliphatic heterocycles. The van der Waals surface area contributed by atoms with Gasteiger partial charge < -0.3 is 5.32 Å². The van der Waals surface area contributed by atoms with Crippen LogP contribution in [0.5, 0.6) is 0 Å². The van der Waals surface area contributed by atoms with E-state index in [0.29, 0.717) is 18.4 Å². The minimum Gasteiger partial charge on any atom is -0.304 e. The summed E-state index contributed by atoms with van der Waals surface area (Å²) in [6.07, 6.45) is 3.09. The number of nitrogens with one attached hydrogen (secondary N) is 1. The van der Waals surface area contributed by atoms with Gasteiger partial charge in [0.05, 0.1) is 0 Å². The quantitative estimate of drug-likeness (QED) is 0.854. The SMILES string of the molecule is CNC1(c2ccc(C)cc2F)CCCCC1=O. The number of Topliss-reactive ketones (excluding diaryl/α,β-unsaturated/α-hetero) is 1. The molecule has 2 rings (SSSR count). The normalized spacial score (nSPS) is 25.0. The maximum Gasteiger partial charge on any atom is 0.157 e. The van der Waals surface area contributed by atoms with Crippen LogP contribution in [0.25, 0.3) is 0 Å². The first kappa shape index (κ1) is 12.2. The molecular formula is C14H18FNO. The van der Waals surface area contributed by atoms with E-state index in [-0.39, 0.29) is 11.6 Å². The van der Waals surface area contributed by atoms with Gasteiger partial charge in [-0.2, -0.15) is 0 Å². The highest BCUT2D eigenvalue weighted by Crippen LogP contribution is 2.35. The third-order valence-electron chi connectivity index (χ3n) is 3.69. The fourth-order valence-corrected chi connectivity index (χ4v) is 2.68. The standard InChI is InChI=1S/C14H18FNO/c1-10-6-7-11(12(15)9-10)14(16-2)8-4-3-5-13(14)17/h6-7,9,16H,3-5,8H2,1-2H3. The van der Waals surface area contributed by atoms with E-state index < -0.39 is 5.54 Å². The van der Waals surface area contributed by atoms with Gasteiger partial charge in [0.2, 0.25) is 0 Å². The summed E-state index contributed by atoms with van der Waals surface area (Å²) in [5.74, 6) is -0.177. The number of aryl methyl sites for hydroxylation is 1. The van der Waals surface area contributed by atoms with E-state index >= 15 is 0 Å². The lowest BCUT2D eigenvalue weighted by Gasteiger charge is -2.36. The third kappa shape index (κ3) is 2.00. The number of hydrogen-bond acceptors (Lipinski definition) is 2. The Balaban J connectivity index is 2.50. The fourth-order valence-electron chi connectivity index (χ4n) is 2.68. The molecule has 92 valence electrons. The minimum absolute atomic E-state index is 0.106. The fraction of sp³-hybridized carbons (Fsp3) is 0.500. The first-order chi connectivity index (χ1) is 8.10. The van der Waals surface area contributed by atoms with Crippen LogP contribution in [0.4, 0.5) is 4.39 Å². The molecule has 1 aromatic rings. The summed E-state index contributed by atoms with van der Waals surface area (Å²) in [4.78, 5) is 12.2. The van der Waals surface area contributed by atoms with Crippen molar-refractivity contribution in [3.05, 3.63) is 35.1 Å². The molecule has 1 saturated carbocycles. The number of rotatable bonds is 2. The van der Waals surface area contributed by atoms with Crippen LogP contribution in [0.1, 0.15) is 36.8 Å². The Bertz CT molecular complexity index is 444. The number of halogens is 1. The molecule has 0 saturated heterocycles. The van der Waals surface area contributed by atoms with Crippen LogP contribution in [0.15, 0.2) is 18.2 Å². The van der Waals surface area contributed by atoms with Gasteiger partial charge in [0.1, 0.15) is 11.4 Å². The molecule has 0 aromatic heterocycles. The maximum absolute atomic E-state index is 14.0. The highest BCUT2D eigenvalue weighted by molar-refractivity contribution is 5.90. The second-order valence-electron chi connectivity index (χ2n) is 4.77. The Morgan fingerprint density at radius 2 is 2.12 bits per heavy atom. The van der Waals surface area contributed by atoms with Crippen LogP contribution in [0.3, 0.4) is 0 Å². The van der Waals surface area contributed by atoms with Gasteiger partial charge in [-0.15, -0.1) is 0 Å². The number of ketones is 1. The Morgan fingerprint density at radius 3 is 2.71 bits per heavy atom. The van der Waals surface area contributed by atoms with E-state index in [0.717, 1.165) is 18.4 Å². The van der Waals surface area contributed by atoms with Crippen molar-refractivity contribution in [1.29, 1.82) is 0 Å². The predicted molar refractivity (Wildman–Crippen MR) is 65.3 cm³/mol. The number of hydrogen-bond donors (Lipinski definition) is 1. The largest absolute Gasteiger partial charge is 0.304 e. The summed E-state index contributed by atoms with van der Waals surface area (Å²) in [6, 6.07) is 5.10. The number of carbonyl (C=O) groups excluding carboxylic acids is 1. The zero-order valence-electron chi connectivity index (χ0n) is 10.3. The van der Waals surface area contributed by atoms with E-state index in [1.165, 1.54) is 6.07 Å². The van der Waals surface area contributed by atoms with E-state index in [1.54, 1.807) is 13.1 Å². The highest BCUT2D eigenvalue weighted by atomic mass is 19.1. The molecule has 1 unspecified atom stereocenters. The molecule has 1 aliphatic rings. The summed E-state index contributed by atoms with van der Waals surface area (Å²) >= 11 is 0. The Kier molecular flexibility index (Phi) is 3.29. The molecule has 3 heteroatoms. The number of likely N-dealkylation sites (N-methyl/N-ethyl adjacent to an activating group) is 1. The smallest absolute Gasteiger partial charge is 0.157 e. The second-order valence-corrected chi connectivity index (χ2v) is 4.77. The summed E-state index contributed by atoms with van der Waals surface area (Å²) in [5, 5.41) is 3.05. The maximum atomic E-state index is 14.0. The molecule has 0 bridgehead atoms. The van der Waals surface area contributed by atoms with Crippen LogP contribution in [-0.2, 0) is 10.3 Å². The van der Waals surface area contributed by atoms with Gasteiger partial charge in [0, 0.05) is 12.0 Å². The molecule has 1 atom stereocenters. The van der Waals surface area contributed by atoms with Gasteiger partial charge in [-0.25, -0.2) is 4.39 Å². The molecule has 2 nitrogen and oxygen atoms in total. The molecule has 0 spiro atoms. The molecule has 0 heterocycles. The zero-order chi connectivity index (χ0) is 12.5. The first-order valence-corrected chi connectivity index (χ1v) is 6.09. The highest BCUT2D eigenvalue weighted by Gasteiger charge is 2.41. The summed E-state index contributed by atoms with van der Waals surface area (Å²) in [6.45, 7) is 1.85. The van der Waals surface area contributed by atoms with Gasteiger partial charge in [-0.3, -0.25) is 4.79 Å². The lowest BCUT2D eigenvalue weighted by molar-refractivity contribution is -0.127. The summed E-state index contributed by atoms with van der Waals surface area (Å²) in [5.41, 5.74) is 0.562. The topological polar surface area (TPSA) is 29.1 Å². The Hall–Kier alpha value is -1.22. The van der Waals surface area contributed by atoms with E-state index in [1.807, 2.05) is 13.0 Å². The van der Waals surface area contributed by atoms with Crippen molar-refractivity contribution in [2.75, 3.05) is 7.05 Å². The van der Waals surface area contributed by atoms with Crippen molar-refractivity contribution in [2.45, 2.75) is 38.1 Å². The monoisotopic (exact) mass is 235 g/mol. The van der Waals surface area contributed by atoms with Gasteiger partial charge in [-0.1, -0.05) is 18.6 Å². The molecular weight excluding hydrogens is 217 g/mol. The Morgan fingerprint density at radius 1 is 1.35 bits per heavy atom. The van der Waals surface area contributed by atoms with Gasteiger partial charge in [0.25, 0.3) is 0 Å². The third-order valence-corrected chi connectivity index (χ3v) is 3.69. The second kappa shape index (κ2) is 4.57. The van der Waals surface area contributed by atoms with Crippen LogP contribution >= 0.6 is 0 Å². The number of carbonyl (C=O) groups is 1. The van der Waals surface area contributed by atoms with Crippen molar-refractivity contribution >= 4 is 5.78 Å². The van der Waals surface area contributed by atoms with Gasteiger partial charge in [0.15, 0.2) is 5.78 Å². The Labute approximate surface area is 101 Å². The molecule has 1 aromatic carbocycles. The van der Waals surface area contributed by atoms with Crippen LogP contribution in [-0.4, -0.2) is 12.8 Å². The van der Waals surface area contributed by atoms with Crippen molar-refractivity contribution < 1.29 is 9.18 Å². The summed E-state index contributed by atoms with van der Waals surface area (Å²) in [7, 11) is 1.74. The summed E-state index contributed by atoms with van der Waals surface area (Å²) < 4.78 is 14.0. The molecule has 1 fully saturated rings. The van der Waals surface area contributed by atoms with Crippen LogP contribution < -0.4 is 5.32 Å². The minimum atomic E-state index is -0.809. The molecule has 1 aliphatic carbocycles. The first-order valence-electron chi connectivity index (χ1n) is 6.09. The van der Waals surface area contributed by atoms with Crippen LogP contribution in [0, 0.1) is 12.7 Å². The van der Waals surface area contributed by atoms with Crippen molar-refractivity contribution in [2.24, 2.45) is 0 Å². The predicted octanol–water partition coefficient (Wildman–Crippen LogP) is 2.69. The van der Waals surface area contributed by atoms with E-state index in [4.69, 9.17) is 0 Å². The molecule has 0 radical (unpaired) electrons.